The molecule has 0 aliphatic carbocycles. The van der Waals surface area contributed by atoms with Gasteiger partial charge in [-0.25, -0.2) is 9.78 Å². The van der Waals surface area contributed by atoms with Crippen LogP contribution in [0.5, 0.6) is 0 Å². The Hall–Kier alpha value is -4.18. The molecule has 6 rings (SSSR count). The van der Waals surface area contributed by atoms with Crippen molar-refractivity contribution >= 4 is 49.5 Å². The van der Waals surface area contributed by atoms with Crippen LogP contribution in [0.3, 0.4) is 0 Å². The molecule has 0 saturated heterocycles. The molecule has 0 spiro atoms. The Kier molecular flexibility index (Phi) is 4.02. The Bertz CT molecular complexity index is 1700. The molecule has 154 valence electrons. The zero-order chi connectivity index (χ0) is 21.8. The molecule has 0 amide bonds. The van der Waals surface area contributed by atoms with Crippen LogP contribution in [0.25, 0.3) is 54.7 Å². The minimum absolute atomic E-state index is 0.276. The lowest BCUT2D eigenvalue weighted by Crippen LogP contribution is -2.01. The topological polar surface area (TPSA) is 55.1 Å². The van der Waals surface area contributed by atoms with Crippen LogP contribution in [0, 0.1) is 0 Å². The zero-order valence-corrected chi connectivity index (χ0v) is 17.5. The van der Waals surface area contributed by atoms with E-state index in [0.29, 0.717) is 16.6 Å². The van der Waals surface area contributed by atoms with Crippen LogP contribution in [0.2, 0.25) is 0 Å². The first-order valence-electron chi connectivity index (χ1n) is 10.7. The minimum atomic E-state index is -0.946. The van der Waals surface area contributed by atoms with Gasteiger partial charge in [-0.2, -0.15) is 0 Å². The number of hydrogen-bond acceptors (Lipinski definition) is 2. The van der Waals surface area contributed by atoms with E-state index in [1.165, 1.54) is 5.52 Å². The highest BCUT2D eigenvalue weighted by Crippen LogP contribution is 2.38. The van der Waals surface area contributed by atoms with E-state index < -0.39 is 5.97 Å². The monoisotopic (exact) mass is 416 g/mol. The highest BCUT2D eigenvalue weighted by Gasteiger charge is 2.19. The highest BCUT2D eigenvalue weighted by atomic mass is 16.4. The Labute approximate surface area is 184 Å². The van der Waals surface area contributed by atoms with Gasteiger partial charge >= 0.3 is 5.97 Å². The van der Waals surface area contributed by atoms with E-state index in [9.17, 15) is 9.90 Å². The van der Waals surface area contributed by atoms with Crippen molar-refractivity contribution in [3.63, 3.8) is 0 Å². The van der Waals surface area contributed by atoms with Crippen molar-refractivity contribution in [3.05, 3.63) is 90.5 Å². The maximum absolute atomic E-state index is 12.3. The van der Waals surface area contributed by atoms with Crippen molar-refractivity contribution in [2.75, 3.05) is 0 Å². The van der Waals surface area contributed by atoms with Gasteiger partial charge in [0.05, 0.1) is 16.8 Å². The van der Waals surface area contributed by atoms with Crippen LogP contribution in [0.1, 0.15) is 17.3 Å². The molecule has 6 aromatic rings. The molecule has 4 heteroatoms. The number of carboxylic acids is 1. The number of aromatic carboxylic acids is 1. The normalized spacial score (nSPS) is 11.7. The second-order valence-corrected chi connectivity index (χ2v) is 8.00. The summed E-state index contributed by atoms with van der Waals surface area (Å²) < 4.78 is 2.29. The van der Waals surface area contributed by atoms with Gasteiger partial charge in [0.25, 0.3) is 0 Å². The van der Waals surface area contributed by atoms with Gasteiger partial charge in [0, 0.05) is 39.3 Å². The van der Waals surface area contributed by atoms with Gasteiger partial charge in [-0.15, -0.1) is 0 Å². The van der Waals surface area contributed by atoms with Gasteiger partial charge in [0.2, 0.25) is 0 Å². The largest absolute Gasteiger partial charge is 0.478 e. The van der Waals surface area contributed by atoms with Crippen LogP contribution < -0.4 is 0 Å². The molecule has 0 saturated carbocycles. The number of para-hydroxylation sites is 1. The van der Waals surface area contributed by atoms with E-state index in [1.54, 1.807) is 6.07 Å². The summed E-state index contributed by atoms with van der Waals surface area (Å²) in [5.41, 5.74) is 4.89. The quantitative estimate of drug-likeness (QED) is 0.320. The third-order valence-electron chi connectivity index (χ3n) is 6.32. The van der Waals surface area contributed by atoms with Gasteiger partial charge < -0.3 is 9.67 Å². The van der Waals surface area contributed by atoms with E-state index in [-0.39, 0.29) is 5.56 Å². The summed E-state index contributed by atoms with van der Waals surface area (Å²) in [7, 11) is 0. The lowest BCUT2D eigenvalue weighted by atomic mass is 9.97. The lowest BCUT2D eigenvalue weighted by molar-refractivity contribution is 0.0699. The Balaban J connectivity index is 1.75. The fourth-order valence-corrected chi connectivity index (χ4v) is 4.97. The second-order valence-electron chi connectivity index (χ2n) is 8.00. The molecular formula is C28H20N2O2. The number of hydrogen-bond donors (Lipinski definition) is 1. The molecule has 0 radical (unpaired) electrons. The molecule has 2 heterocycles. The molecule has 0 atom stereocenters. The molecule has 0 aliphatic heterocycles. The highest BCUT2D eigenvalue weighted by molar-refractivity contribution is 6.18. The van der Waals surface area contributed by atoms with E-state index >= 15 is 0 Å². The van der Waals surface area contributed by atoms with Crippen LogP contribution >= 0.6 is 0 Å². The van der Waals surface area contributed by atoms with Crippen molar-refractivity contribution in [2.45, 2.75) is 13.5 Å². The standard InChI is InChI=1S/C28H20N2O2/c1-2-30-24-12-6-5-10-20(24)27-19(11-7-13-25(27)30)23-16-21(28(31)32)26-18-9-4-3-8-17(18)14-15-22(26)29-23/h3-16H,2H2,1H3,(H,31,32). The van der Waals surface area contributed by atoms with Crippen molar-refractivity contribution in [3.8, 4) is 11.3 Å². The Morgan fingerprint density at radius 2 is 1.59 bits per heavy atom. The summed E-state index contributed by atoms with van der Waals surface area (Å²) in [5, 5.41) is 15.0. The summed E-state index contributed by atoms with van der Waals surface area (Å²) in [6.45, 7) is 2.99. The average Bonchev–Trinajstić information content (AvgIpc) is 3.16. The minimum Gasteiger partial charge on any atom is -0.478 e. The van der Waals surface area contributed by atoms with Gasteiger partial charge in [-0.1, -0.05) is 60.7 Å². The number of nitrogens with zero attached hydrogens (tertiary/aromatic N) is 2. The molecule has 0 unspecified atom stereocenters. The van der Waals surface area contributed by atoms with E-state index in [0.717, 1.165) is 39.2 Å². The van der Waals surface area contributed by atoms with Crippen molar-refractivity contribution in [2.24, 2.45) is 0 Å². The third kappa shape index (κ3) is 2.56. The van der Waals surface area contributed by atoms with Crippen LogP contribution in [0.4, 0.5) is 0 Å². The predicted octanol–water partition coefficient (Wildman–Crippen LogP) is 6.88. The molecule has 4 aromatic carbocycles. The van der Waals surface area contributed by atoms with Gasteiger partial charge in [-0.05, 0) is 42.0 Å². The summed E-state index contributed by atoms with van der Waals surface area (Å²) in [4.78, 5) is 17.3. The second kappa shape index (κ2) is 6.92. The summed E-state index contributed by atoms with van der Waals surface area (Å²) in [5.74, 6) is -0.946. The van der Waals surface area contributed by atoms with E-state index in [2.05, 4.69) is 35.8 Å². The number of fused-ring (bicyclic) bond motifs is 6. The molecule has 0 fully saturated rings. The molecule has 4 nitrogen and oxygen atoms in total. The molecular weight excluding hydrogens is 396 g/mol. The van der Waals surface area contributed by atoms with Crippen LogP contribution in [0.15, 0.2) is 84.9 Å². The Morgan fingerprint density at radius 1 is 0.844 bits per heavy atom. The lowest BCUT2D eigenvalue weighted by Gasteiger charge is -2.11. The summed E-state index contributed by atoms with van der Waals surface area (Å²) >= 11 is 0. The first kappa shape index (κ1) is 18.6. The number of benzene rings is 4. The fourth-order valence-electron chi connectivity index (χ4n) is 4.97. The number of carboxylic acid groups (broad SMARTS) is 1. The number of carbonyl (C=O) groups is 1. The number of rotatable bonds is 3. The van der Waals surface area contributed by atoms with Crippen molar-refractivity contribution < 1.29 is 9.90 Å². The molecule has 2 aromatic heterocycles. The molecule has 0 bridgehead atoms. The SMILES string of the molecule is CCn1c2ccccc2c2c(-c3cc(C(=O)O)c4c(ccc5ccccc54)n3)cccc21. The molecule has 0 aliphatic rings. The fraction of sp³-hybridized carbons (Fsp3) is 0.0714. The first-order valence-corrected chi connectivity index (χ1v) is 10.7. The first-order chi connectivity index (χ1) is 15.7. The van der Waals surface area contributed by atoms with Gasteiger partial charge in [-0.3, -0.25) is 0 Å². The summed E-state index contributed by atoms with van der Waals surface area (Å²) in [6, 6.07) is 28.0. The van der Waals surface area contributed by atoms with Crippen molar-refractivity contribution in [1.29, 1.82) is 0 Å². The number of aromatic nitrogens is 2. The van der Waals surface area contributed by atoms with Crippen LogP contribution in [-0.2, 0) is 6.54 Å². The average molecular weight is 416 g/mol. The smallest absolute Gasteiger partial charge is 0.336 e. The maximum Gasteiger partial charge on any atom is 0.336 e. The third-order valence-corrected chi connectivity index (χ3v) is 6.32. The van der Waals surface area contributed by atoms with Crippen molar-refractivity contribution in [1.82, 2.24) is 9.55 Å². The molecule has 32 heavy (non-hydrogen) atoms. The Morgan fingerprint density at radius 3 is 2.41 bits per heavy atom. The summed E-state index contributed by atoms with van der Waals surface area (Å²) in [6.07, 6.45) is 0. The van der Waals surface area contributed by atoms with E-state index in [1.807, 2.05) is 54.6 Å². The molecule has 1 N–H and O–H groups in total. The predicted molar refractivity (Wildman–Crippen MR) is 130 cm³/mol. The van der Waals surface area contributed by atoms with Crippen LogP contribution in [-0.4, -0.2) is 20.6 Å². The number of pyridine rings is 1. The van der Waals surface area contributed by atoms with Gasteiger partial charge in [0.1, 0.15) is 0 Å². The van der Waals surface area contributed by atoms with E-state index in [4.69, 9.17) is 4.98 Å². The number of aryl methyl sites for hydroxylation is 1. The zero-order valence-electron chi connectivity index (χ0n) is 17.5. The van der Waals surface area contributed by atoms with Gasteiger partial charge in [0.15, 0.2) is 0 Å². The maximum atomic E-state index is 12.3.